The lowest BCUT2D eigenvalue weighted by atomic mass is 9.83. The Kier molecular flexibility index (Phi) is 4.02. The van der Waals surface area contributed by atoms with E-state index < -0.39 is 17.5 Å². The van der Waals surface area contributed by atoms with Crippen LogP contribution >= 0.6 is 11.8 Å². The number of phenolic OH excluding ortho intramolecular Hbond substituents is 1. The normalized spacial score (nSPS) is 12.5. The van der Waals surface area contributed by atoms with Crippen LogP contribution in [0.25, 0.3) is 0 Å². The van der Waals surface area contributed by atoms with Crippen molar-refractivity contribution in [1.82, 2.24) is 0 Å². The van der Waals surface area contributed by atoms with Crippen LogP contribution in [-0.4, -0.2) is 35.5 Å². The fraction of sp³-hybridized carbons (Fsp3) is 0.118. The summed E-state index contributed by atoms with van der Waals surface area (Å²) < 4.78 is 4.56. The van der Waals surface area contributed by atoms with Crippen molar-refractivity contribution in [3.8, 4) is 5.75 Å². The van der Waals surface area contributed by atoms with Gasteiger partial charge in [0.25, 0.3) is 0 Å². The number of esters is 1. The van der Waals surface area contributed by atoms with Crippen LogP contribution in [0.2, 0.25) is 0 Å². The number of nitrogens with two attached hydrogens (primary N) is 1. The Hall–Kier alpha value is -2.80. The number of ketones is 2. The van der Waals surface area contributed by atoms with Crippen LogP contribution in [0, 0.1) is 0 Å². The van der Waals surface area contributed by atoms with Gasteiger partial charge in [-0.25, -0.2) is 0 Å². The molecule has 2 aromatic carbocycles. The van der Waals surface area contributed by atoms with Crippen LogP contribution in [0.1, 0.15) is 31.8 Å². The number of phenols is 1. The van der Waals surface area contributed by atoms with Gasteiger partial charge in [-0.1, -0.05) is 24.3 Å². The van der Waals surface area contributed by atoms with Crippen molar-refractivity contribution in [2.75, 3.05) is 18.6 Å². The van der Waals surface area contributed by atoms with Crippen LogP contribution in [0.15, 0.2) is 35.2 Å². The maximum Gasteiger partial charge on any atom is 0.315 e. The molecular formula is C17H13NO5S. The third-order valence-electron chi connectivity index (χ3n) is 3.75. The van der Waals surface area contributed by atoms with Gasteiger partial charge in [0.05, 0.1) is 29.7 Å². The molecule has 0 radical (unpaired) electrons. The summed E-state index contributed by atoms with van der Waals surface area (Å²) in [4.78, 5) is 37.0. The smallest absolute Gasteiger partial charge is 0.315 e. The number of ether oxygens (including phenoxy) is 1. The molecule has 0 aliphatic heterocycles. The lowest BCUT2D eigenvalue weighted by Crippen LogP contribution is -2.23. The molecule has 0 bridgehead atoms. The number of nitrogen functional groups attached to an aromatic ring is 1. The Morgan fingerprint density at radius 2 is 1.75 bits per heavy atom. The molecule has 122 valence electrons. The summed E-state index contributed by atoms with van der Waals surface area (Å²) in [7, 11) is 1.26. The SMILES string of the molecule is COC(=O)CSc1cc(O)c2c(c1N)C(=O)c1ccccc1C2=O. The van der Waals surface area contributed by atoms with E-state index in [1.54, 1.807) is 18.2 Å². The minimum Gasteiger partial charge on any atom is -0.507 e. The van der Waals surface area contributed by atoms with Crippen molar-refractivity contribution >= 4 is 35.0 Å². The first-order chi connectivity index (χ1) is 11.5. The highest BCUT2D eigenvalue weighted by Crippen LogP contribution is 2.41. The number of hydrogen-bond donors (Lipinski definition) is 2. The molecule has 1 aliphatic carbocycles. The average Bonchev–Trinajstić information content (AvgIpc) is 2.59. The summed E-state index contributed by atoms with van der Waals surface area (Å²) in [6.07, 6.45) is 0. The number of hydrogen-bond acceptors (Lipinski definition) is 7. The molecule has 0 amide bonds. The van der Waals surface area contributed by atoms with Crippen molar-refractivity contribution in [3.05, 3.63) is 52.6 Å². The number of rotatable bonds is 3. The fourth-order valence-corrected chi connectivity index (χ4v) is 3.43. The summed E-state index contributed by atoms with van der Waals surface area (Å²) in [5, 5.41) is 10.2. The number of methoxy groups -OCH3 is 1. The first-order valence-corrected chi connectivity index (χ1v) is 7.97. The third-order valence-corrected chi connectivity index (χ3v) is 4.78. The Balaban J connectivity index is 2.13. The van der Waals surface area contributed by atoms with E-state index in [1.807, 2.05) is 0 Å². The second-order valence-electron chi connectivity index (χ2n) is 5.13. The van der Waals surface area contributed by atoms with E-state index in [0.717, 1.165) is 11.8 Å². The lowest BCUT2D eigenvalue weighted by Gasteiger charge is -2.21. The monoisotopic (exact) mass is 343 g/mol. The van der Waals surface area contributed by atoms with Gasteiger partial charge >= 0.3 is 5.97 Å². The summed E-state index contributed by atoms with van der Waals surface area (Å²) >= 11 is 1.03. The third kappa shape index (κ3) is 2.43. The van der Waals surface area contributed by atoms with Crippen molar-refractivity contribution in [2.24, 2.45) is 0 Å². The Morgan fingerprint density at radius 1 is 1.17 bits per heavy atom. The first kappa shape index (κ1) is 16.1. The standard InChI is InChI=1S/C17H13NO5S/c1-23-12(20)7-24-11-6-10(19)13-14(15(11)18)17(22)9-5-3-2-4-8(9)16(13)21/h2-6,19H,7,18H2,1H3. The molecule has 3 N–H and O–H groups in total. The highest BCUT2D eigenvalue weighted by molar-refractivity contribution is 8.00. The Labute approximate surface area is 141 Å². The van der Waals surface area contributed by atoms with Gasteiger partial charge in [-0.15, -0.1) is 11.8 Å². The molecule has 1 aliphatic rings. The maximum atomic E-state index is 12.7. The van der Waals surface area contributed by atoms with Gasteiger partial charge in [0.1, 0.15) is 5.75 Å². The van der Waals surface area contributed by atoms with Gasteiger partial charge in [0.2, 0.25) is 0 Å². The molecular weight excluding hydrogens is 330 g/mol. The van der Waals surface area contributed by atoms with E-state index in [2.05, 4.69) is 4.74 Å². The van der Waals surface area contributed by atoms with Crippen LogP contribution in [0.3, 0.4) is 0 Å². The van der Waals surface area contributed by atoms with Crippen molar-refractivity contribution < 1.29 is 24.2 Å². The predicted molar refractivity (Wildman–Crippen MR) is 88.6 cm³/mol. The quantitative estimate of drug-likeness (QED) is 0.324. The van der Waals surface area contributed by atoms with E-state index in [4.69, 9.17) is 5.73 Å². The number of thioether (sulfide) groups is 1. The topological polar surface area (TPSA) is 107 Å². The number of aromatic hydroxyl groups is 1. The predicted octanol–water partition coefficient (Wildman–Crippen LogP) is 2.01. The molecule has 6 nitrogen and oxygen atoms in total. The number of benzene rings is 2. The van der Waals surface area contributed by atoms with Crippen LogP contribution in [0.5, 0.6) is 5.75 Å². The lowest BCUT2D eigenvalue weighted by molar-refractivity contribution is -0.137. The van der Waals surface area contributed by atoms with Gasteiger partial charge in [-0.05, 0) is 6.07 Å². The molecule has 0 saturated heterocycles. The van der Waals surface area contributed by atoms with Crippen molar-refractivity contribution in [3.63, 3.8) is 0 Å². The van der Waals surface area contributed by atoms with Crippen LogP contribution < -0.4 is 5.73 Å². The highest BCUT2D eigenvalue weighted by Gasteiger charge is 2.34. The number of carbonyl (C=O) groups excluding carboxylic acids is 3. The van der Waals surface area contributed by atoms with Gasteiger partial charge in [0.15, 0.2) is 11.6 Å². The van der Waals surface area contributed by atoms with Crippen molar-refractivity contribution in [2.45, 2.75) is 4.90 Å². The first-order valence-electron chi connectivity index (χ1n) is 6.99. The van der Waals surface area contributed by atoms with Gasteiger partial charge in [0, 0.05) is 16.0 Å². The fourth-order valence-electron chi connectivity index (χ4n) is 2.59. The average molecular weight is 343 g/mol. The summed E-state index contributed by atoms with van der Waals surface area (Å²) in [5.74, 6) is -1.70. The van der Waals surface area contributed by atoms with Gasteiger partial charge < -0.3 is 15.6 Å². The molecule has 0 aromatic heterocycles. The van der Waals surface area contributed by atoms with E-state index in [1.165, 1.54) is 19.2 Å². The molecule has 0 heterocycles. The second-order valence-corrected chi connectivity index (χ2v) is 6.14. The summed E-state index contributed by atoms with van der Waals surface area (Å²) in [6, 6.07) is 7.68. The summed E-state index contributed by atoms with van der Waals surface area (Å²) in [6.45, 7) is 0. The molecule has 0 fully saturated rings. The second kappa shape index (κ2) is 6.01. The highest BCUT2D eigenvalue weighted by atomic mass is 32.2. The van der Waals surface area contributed by atoms with Gasteiger partial charge in [-0.3, -0.25) is 14.4 Å². The Bertz CT molecular complexity index is 891. The van der Waals surface area contributed by atoms with E-state index in [0.29, 0.717) is 4.90 Å². The molecule has 0 spiro atoms. The van der Waals surface area contributed by atoms with E-state index in [9.17, 15) is 19.5 Å². The minimum absolute atomic E-state index is 0.0222. The molecule has 0 unspecified atom stereocenters. The molecule has 3 rings (SSSR count). The zero-order valence-electron chi connectivity index (χ0n) is 12.7. The number of anilines is 1. The zero-order chi connectivity index (χ0) is 17.4. The van der Waals surface area contributed by atoms with Crippen LogP contribution in [0.4, 0.5) is 5.69 Å². The van der Waals surface area contributed by atoms with Gasteiger partial charge in [-0.2, -0.15) is 0 Å². The van der Waals surface area contributed by atoms with E-state index >= 15 is 0 Å². The minimum atomic E-state index is -0.468. The molecule has 0 saturated carbocycles. The van der Waals surface area contributed by atoms with Crippen molar-refractivity contribution in [1.29, 1.82) is 0 Å². The number of carbonyl (C=O) groups is 3. The zero-order valence-corrected chi connectivity index (χ0v) is 13.5. The van der Waals surface area contributed by atoms with E-state index in [-0.39, 0.29) is 39.4 Å². The largest absolute Gasteiger partial charge is 0.507 e. The molecule has 7 heteroatoms. The van der Waals surface area contributed by atoms with Crippen LogP contribution in [-0.2, 0) is 9.53 Å². The molecule has 0 atom stereocenters. The molecule has 2 aromatic rings. The maximum absolute atomic E-state index is 12.7. The molecule has 24 heavy (non-hydrogen) atoms. The Morgan fingerprint density at radius 3 is 2.33 bits per heavy atom. The summed E-state index contributed by atoms with van der Waals surface area (Å²) in [5.41, 5.74) is 6.49. The number of fused-ring (bicyclic) bond motifs is 2.